The van der Waals surface area contributed by atoms with Crippen LogP contribution in [-0.4, -0.2) is 47.0 Å². The molecule has 6 nitrogen and oxygen atoms in total. The second-order valence-electron chi connectivity index (χ2n) is 7.95. The van der Waals surface area contributed by atoms with Gasteiger partial charge < -0.3 is 15.2 Å². The Labute approximate surface area is 161 Å². The first kappa shape index (κ1) is 18.0. The highest BCUT2D eigenvalue weighted by molar-refractivity contribution is 5.92. The predicted molar refractivity (Wildman–Crippen MR) is 109 cm³/mol. The fraction of sp³-hybridized carbons (Fsp3) is 0.524. The number of nitrogens with zero attached hydrogens (tertiary/aromatic N) is 4. The molecule has 144 valence electrons. The van der Waals surface area contributed by atoms with E-state index in [4.69, 9.17) is 10.7 Å². The van der Waals surface area contributed by atoms with Crippen molar-refractivity contribution in [3.05, 3.63) is 30.5 Å². The topological polar surface area (TPSA) is 67.4 Å². The molecule has 4 rings (SSSR count). The van der Waals surface area contributed by atoms with Gasteiger partial charge in [-0.25, -0.2) is 4.98 Å². The van der Waals surface area contributed by atoms with Crippen molar-refractivity contribution in [3.8, 4) is 11.3 Å². The largest absolute Gasteiger partial charge is 0.399 e. The number of hydrogen-bond donors (Lipinski definition) is 1. The molecule has 3 heterocycles. The molecule has 6 heteroatoms. The Morgan fingerprint density at radius 3 is 2.96 bits per heavy atom. The quantitative estimate of drug-likeness (QED) is 0.844. The minimum absolute atomic E-state index is 0.203. The van der Waals surface area contributed by atoms with E-state index >= 15 is 0 Å². The van der Waals surface area contributed by atoms with Gasteiger partial charge in [0.1, 0.15) is 0 Å². The average Bonchev–Trinajstić information content (AvgIpc) is 3.10. The number of imidazole rings is 1. The Kier molecular flexibility index (Phi) is 5.16. The number of carbonyl (C=O) groups is 1. The first-order chi connectivity index (χ1) is 13.1. The van der Waals surface area contributed by atoms with E-state index in [1.165, 1.54) is 19.4 Å². The number of fused-ring (bicyclic) bond motifs is 1. The highest BCUT2D eigenvalue weighted by Crippen LogP contribution is 2.28. The van der Waals surface area contributed by atoms with E-state index in [9.17, 15) is 4.79 Å². The molecule has 1 aromatic heterocycles. The van der Waals surface area contributed by atoms with Gasteiger partial charge in [-0.1, -0.05) is 12.1 Å². The summed E-state index contributed by atoms with van der Waals surface area (Å²) in [6.07, 6.45) is 7.08. The van der Waals surface area contributed by atoms with Gasteiger partial charge in [-0.05, 0) is 57.3 Å². The van der Waals surface area contributed by atoms with E-state index in [1.54, 1.807) is 0 Å². The number of nitrogen functional groups attached to an aromatic ring is 1. The number of likely N-dealkylation sites (tertiary alicyclic amines) is 1. The van der Waals surface area contributed by atoms with Crippen molar-refractivity contribution in [2.45, 2.75) is 38.6 Å². The van der Waals surface area contributed by atoms with Crippen molar-refractivity contribution in [2.24, 2.45) is 5.92 Å². The number of nitrogens with two attached hydrogens (primary N) is 1. The maximum absolute atomic E-state index is 12.9. The standard InChI is InChI=1S/C21H29N5O/c1-24-10-3-5-16(14-24)8-9-20(27)26-12-4-11-25-15-19(23-21(25)26)17-6-2-7-18(22)13-17/h2,6-7,13,15-16H,3-5,8-12,14,22H2,1H3. The molecule has 0 aliphatic carbocycles. The summed E-state index contributed by atoms with van der Waals surface area (Å²) in [5.74, 6) is 1.62. The average molecular weight is 367 g/mol. The maximum atomic E-state index is 12.9. The number of anilines is 2. The minimum atomic E-state index is 0.203. The molecule has 0 radical (unpaired) electrons. The summed E-state index contributed by atoms with van der Waals surface area (Å²) < 4.78 is 2.11. The number of piperidine rings is 1. The molecule has 1 aromatic carbocycles. The van der Waals surface area contributed by atoms with Gasteiger partial charge in [-0.3, -0.25) is 9.69 Å². The first-order valence-corrected chi connectivity index (χ1v) is 10.0. The van der Waals surface area contributed by atoms with E-state index in [-0.39, 0.29) is 5.91 Å². The lowest BCUT2D eigenvalue weighted by molar-refractivity contribution is -0.119. The smallest absolute Gasteiger partial charge is 0.229 e. The molecular formula is C21H29N5O. The van der Waals surface area contributed by atoms with Gasteiger partial charge in [0.05, 0.1) is 5.69 Å². The number of aromatic nitrogens is 2. The number of hydrogen-bond acceptors (Lipinski definition) is 4. The summed E-state index contributed by atoms with van der Waals surface area (Å²) in [6, 6.07) is 7.75. The SMILES string of the molecule is CN1CCCC(CCC(=O)N2CCCn3cc(-c4cccc(N)c4)nc32)C1. The van der Waals surface area contributed by atoms with Crippen LogP contribution in [0.3, 0.4) is 0 Å². The van der Waals surface area contributed by atoms with Crippen molar-refractivity contribution >= 4 is 17.5 Å². The van der Waals surface area contributed by atoms with Gasteiger partial charge in [-0.2, -0.15) is 0 Å². The summed E-state index contributed by atoms with van der Waals surface area (Å²) in [4.78, 5) is 22.0. The van der Waals surface area contributed by atoms with Crippen LogP contribution in [0, 0.1) is 5.92 Å². The molecule has 2 aromatic rings. The van der Waals surface area contributed by atoms with Crippen molar-refractivity contribution < 1.29 is 4.79 Å². The van der Waals surface area contributed by atoms with Crippen LogP contribution in [0.5, 0.6) is 0 Å². The fourth-order valence-corrected chi connectivity index (χ4v) is 4.33. The highest BCUT2D eigenvalue weighted by Gasteiger charge is 2.26. The molecule has 2 N–H and O–H groups in total. The van der Waals surface area contributed by atoms with Crippen LogP contribution in [0.1, 0.15) is 32.1 Å². The molecule has 1 amide bonds. The van der Waals surface area contributed by atoms with E-state index in [0.717, 1.165) is 55.4 Å². The van der Waals surface area contributed by atoms with Crippen molar-refractivity contribution in [1.82, 2.24) is 14.5 Å². The number of carbonyl (C=O) groups excluding carboxylic acids is 1. The molecule has 2 aliphatic rings. The summed E-state index contributed by atoms with van der Waals surface area (Å²) in [5.41, 5.74) is 8.51. The third-order valence-corrected chi connectivity index (χ3v) is 5.75. The maximum Gasteiger partial charge on any atom is 0.229 e. The molecule has 1 unspecified atom stereocenters. The molecule has 1 saturated heterocycles. The number of aryl methyl sites for hydroxylation is 1. The predicted octanol–water partition coefficient (Wildman–Crippen LogP) is 2.99. The zero-order valence-electron chi connectivity index (χ0n) is 16.1. The second kappa shape index (κ2) is 7.72. The molecule has 1 atom stereocenters. The number of rotatable bonds is 4. The lowest BCUT2D eigenvalue weighted by atomic mass is 9.93. The van der Waals surface area contributed by atoms with Gasteiger partial charge in [0, 0.05) is 43.5 Å². The minimum Gasteiger partial charge on any atom is -0.399 e. The molecule has 0 saturated carbocycles. The summed E-state index contributed by atoms with van der Waals surface area (Å²) in [5, 5.41) is 0. The van der Waals surface area contributed by atoms with Crippen LogP contribution < -0.4 is 10.6 Å². The molecule has 0 spiro atoms. The van der Waals surface area contributed by atoms with Gasteiger partial charge in [0.15, 0.2) is 0 Å². The first-order valence-electron chi connectivity index (χ1n) is 10.0. The number of amides is 1. The summed E-state index contributed by atoms with van der Waals surface area (Å²) in [6.45, 7) is 3.96. The zero-order chi connectivity index (χ0) is 18.8. The second-order valence-corrected chi connectivity index (χ2v) is 7.95. The molecule has 27 heavy (non-hydrogen) atoms. The van der Waals surface area contributed by atoms with E-state index in [1.807, 2.05) is 35.4 Å². The van der Waals surface area contributed by atoms with Crippen LogP contribution in [0.25, 0.3) is 11.3 Å². The zero-order valence-corrected chi connectivity index (χ0v) is 16.1. The fourth-order valence-electron chi connectivity index (χ4n) is 4.33. The van der Waals surface area contributed by atoms with Crippen LogP contribution >= 0.6 is 0 Å². The van der Waals surface area contributed by atoms with Crippen LogP contribution in [-0.2, 0) is 11.3 Å². The van der Waals surface area contributed by atoms with E-state index < -0.39 is 0 Å². The van der Waals surface area contributed by atoms with Crippen molar-refractivity contribution in [3.63, 3.8) is 0 Å². The Balaban J connectivity index is 1.47. The van der Waals surface area contributed by atoms with Crippen molar-refractivity contribution in [1.29, 1.82) is 0 Å². The number of benzene rings is 1. The van der Waals surface area contributed by atoms with Crippen LogP contribution in [0.15, 0.2) is 30.5 Å². The third kappa shape index (κ3) is 4.00. The molecule has 2 aliphatic heterocycles. The van der Waals surface area contributed by atoms with Crippen LogP contribution in [0.2, 0.25) is 0 Å². The lowest BCUT2D eigenvalue weighted by Crippen LogP contribution is -2.38. The van der Waals surface area contributed by atoms with E-state index in [2.05, 4.69) is 16.5 Å². The molecule has 1 fully saturated rings. The molecule has 0 bridgehead atoms. The Hall–Kier alpha value is -2.34. The van der Waals surface area contributed by atoms with E-state index in [0.29, 0.717) is 12.3 Å². The van der Waals surface area contributed by atoms with Crippen LogP contribution in [0.4, 0.5) is 11.6 Å². The summed E-state index contributed by atoms with van der Waals surface area (Å²) in [7, 11) is 2.17. The lowest BCUT2D eigenvalue weighted by Gasteiger charge is -2.31. The van der Waals surface area contributed by atoms with Gasteiger partial charge in [0.2, 0.25) is 11.9 Å². The Morgan fingerprint density at radius 2 is 2.15 bits per heavy atom. The third-order valence-electron chi connectivity index (χ3n) is 5.75. The monoisotopic (exact) mass is 367 g/mol. The molecular weight excluding hydrogens is 338 g/mol. The van der Waals surface area contributed by atoms with Crippen molar-refractivity contribution in [2.75, 3.05) is 37.3 Å². The Bertz CT molecular complexity index is 815. The normalized spacial score (nSPS) is 20.5. The van der Waals surface area contributed by atoms with Gasteiger partial charge >= 0.3 is 0 Å². The van der Waals surface area contributed by atoms with Gasteiger partial charge in [-0.15, -0.1) is 0 Å². The summed E-state index contributed by atoms with van der Waals surface area (Å²) >= 11 is 0. The highest BCUT2D eigenvalue weighted by atomic mass is 16.2. The Morgan fingerprint density at radius 1 is 1.26 bits per heavy atom. The van der Waals surface area contributed by atoms with Gasteiger partial charge in [0.25, 0.3) is 0 Å².